The number of non-ortho nitro benzene ring substituents is 1. The Morgan fingerprint density at radius 3 is 2.38 bits per heavy atom. The van der Waals surface area contributed by atoms with Crippen molar-refractivity contribution in [2.24, 2.45) is 0 Å². The van der Waals surface area contributed by atoms with Crippen LogP contribution in [0.15, 0.2) is 70.2 Å². The molecule has 1 aromatic heterocycles. The lowest BCUT2D eigenvalue weighted by Gasteiger charge is -2.17. The number of furan rings is 1. The minimum absolute atomic E-state index is 0.101. The van der Waals surface area contributed by atoms with Gasteiger partial charge >= 0.3 is 12.1 Å². The van der Waals surface area contributed by atoms with Crippen molar-refractivity contribution in [3.8, 4) is 0 Å². The fraction of sp³-hybridized carbons (Fsp3) is 0.182. The molecule has 2 N–H and O–H groups in total. The number of nitrogens with one attached hydrogen (secondary N) is 2. The fourth-order valence-electron chi connectivity index (χ4n) is 2.94. The first-order valence-corrected chi connectivity index (χ1v) is 11.8. The minimum Gasteiger partial charge on any atom is -0.468 e. The summed E-state index contributed by atoms with van der Waals surface area (Å²) in [5.41, 5.74) is -3.17. The second kappa shape index (κ2) is 10.8. The van der Waals surface area contributed by atoms with Gasteiger partial charge in [-0.3, -0.25) is 14.9 Å². The Labute approximate surface area is 207 Å². The van der Waals surface area contributed by atoms with Crippen LogP contribution in [0, 0.1) is 10.1 Å². The van der Waals surface area contributed by atoms with Crippen LogP contribution in [0.3, 0.4) is 0 Å². The molecule has 1 amide bonds. The van der Waals surface area contributed by atoms with E-state index >= 15 is 0 Å². The molecule has 0 spiro atoms. The minimum atomic E-state index is -5.01. The normalized spacial score (nSPS) is 12.5. The first-order valence-electron chi connectivity index (χ1n) is 10.3. The van der Waals surface area contributed by atoms with E-state index in [1.165, 1.54) is 6.26 Å². The fourth-order valence-corrected chi connectivity index (χ4v) is 3.93. The number of sulfonamides is 1. The number of hydrogen-bond acceptors (Lipinski definition) is 8. The average molecular weight is 541 g/mol. The van der Waals surface area contributed by atoms with E-state index < -0.39 is 56.0 Å². The molecule has 0 bridgehead atoms. The van der Waals surface area contributed by atoms with Gasteiger partial charge in [0, 0.05) is 12.1 Å². The zero-order chi connectivity index (χ0) is 27.4. The van der Waals surface area contributed by atoms with Crippen molar-refractivity contribution in [3.05, 3.63) is 87.9 Å². The Bertz CT molecular complexity index is 1410. The highest BCUT2D eigenvalue weighted by Gasteiger charge is 2.36. The van der Waals surface area contributed by atoms with Crippen LogP contribution in [0.5, 0.6) is 0 Å². The molecule has 0 saturated heterocycles. The van der Waals surface area contributed by atoms with Gasteiger partial charge in [0.25, 0.3) is 11.6 Å². The Morgan fingerprint density at radius 2 is 1.81 bits per heavy atom. The molecule has 0 unspecified atom stereocenters. The number of carbonyl (C=O) groups is 2. The van der Waals surface area contributed by atoms with Crippen molar-refractivity contribution < 1.29 is 45.3 Å². The quantitative estimate of drug-likeness (QED) is 0.235. The van der Waals surface area contributed by atoms with E-state index in [2.05, 4.69) is 4.72 Å². The van der Waals surface area contributed by atoms with Gasteiger partial charge in [-0.1, -0.05) is 0 Å². The molecule has 37 heavy (non-hydrogen) atoms. The summed E-state index contributed by atoms with van der Waals surface area (Å²) in [4.78, 5) is 34.3. The molecule has 1 heterocycles. The van der Waals surface area contributed by atoms with Crippen LogP contribution in [0.1, 0.15) is 28.6 Å². The highest BCUT2D eigenvalue weighted by atomic mass is 32.2. The number of nitrogens with zero attached hydrogens (tertiary/aromatic N) is 1. The first-order chi connectivity index (χ1) is 17.3. The molecule has 0 aliphatic carbocycles. The maximum Gasteiger partial charge on any atom is 0.418 e. The molecule has 0 aliphatic heterocycles. The summed E-state index contributed by atoms with van der Waals surface area (Å²) in [5.74, 6) is -1.80. The molecule has 0 saturated carbocycles. The summed E-state index contributed by atoms with van der Waals surface area (Å²) < 4.78 is 77.0. The molecule has 3 rings (SSSR count). The van der Waals surface area contributed by atoms with Gasteiger partial charge in [-0.25, -0.2) is 17.9 Å². The highest BCUT2D eigenvalue weighted by Crippen LogP contribution is 2.37. The van der Waals surface area contributed by atoms with Crippen molar-refractivity contribution >= 4 is 33.3 Å². The third-order valence-corrected chi connectivity index (χ3v) is 6.26. The van der Waals surface area contributed by atoms with Gasteiger partial charge in [0.2, 0.25) is 10.0 Å². The molecule has 0 aliphatic rings. The Kier molecular flexibility index (Phi) is 7.98. The highest BCUT2D eigenvalue weighted by molar-refractivity contribution is 7.89. The van der Waals surface area contributed by atoms with Crippen molar-refractivity contribution in [1.82, 2.24) is 4.72 Å². The maximum atomic E-state index is 13.3. The zero-order valence-electron chi connectivity index (χ0n) is 18.8. The van der Waals surface area contributed by atoms with E-state index in [9.17, 15) is 41.3 Å². The number of esters is 1. The van der Waals surface area contributed by atoms with Gasteiger partial charge in [-0.15, -0.1) is 0 Å². The second-order valence-electron chi connectivity index (χ2n) is 7.45. The summed E-state index contributed by atoms with van der Waals surface area (Å²) in [7, 11) is -3.93. The van der Waals surface area contributed by atoms with Crippen molar-refractivity contribution in [2.45, 2.75) is 30.6 Å². The van der Waals surface area contributed by atoms with Crippen LogP contribution in [-0.4, -0.2) is 31.3 Å². The van der Waals surface area contributed by atoms with Gasteiger partial charge in [-0.2, -0.15) is 13.2 Å². The second-order valence-corrected chi connectivity index (χ2v) is 9.22. The molecule has 0 radical (unpaired) electrons. The summed E-state index contributed by atoms with van der Waals surface area (Å²) >= 11 is 0. The SMILES string of the molecule is C[C@H](OC(=O)c1ccc(S(=O)(=O)NCc2ccco2)cc1)C(=O)Nc1ccc([N+](=O)[O-])cc1C(F)(F)F. The number of rotatable bonds is 9. The lowest BCUT2D eigenvalue weighted by molar-refractivity contribution is -0.385. The predicted octanol–water partition coefficient (Wildman–Crippen LogP) is 3.87. The van der Waals surface area contributed by atoms with Crippen LogP contribution in [0.2, 0.25) is 0 Å². The molecule has 196 valence electrons. The number of nitro groups is 1. The molecule has 1 atom stereocenters. The van der Waals surface area contributed by atoms with E-state index in [0.29, 0.717) is 11.8 Å². The largest absolute Gasteiger partial charge is 0.468 e. The molecule has 0 fully saturated rings. The van der Waals surface area contributed by atoms with Gasteiger partial charge in [0.05, 0.1) is 39.4 Å². The number of benzene rings is 2. The van der Waals surface area contributed by atoms with E-state index in [-0.39, 0.29) is 23.1 Å². The zero-order valence-corrected chi connectivity index (χ0v) is 19.6. The summed E-state index contributed by atoms with van der Waals surface area (Å²) in [5, 5.41) is 12.7. The molecule has 3 aromatic rings. The molecule has 2 aromatic carbocycles. The third-order valence-electron chi connectivity index (χ3n) is 4.85. The van der Waals surface area contributed by atoms with E-state index in [0.717, 1.165) is 37.3 Å². The summed E-state index contributed by atoms with van der Waals surface area (Å²) in [6.07, 6.45) is -5.20. The molecular weight excluding hydrogens is 523 g/mol. The van der Waals surface area contributed by atoms with Crippen LogP contribution in [0.25, 0.3) is 0 Å². The van der Waals surface area contributed by atoms with Crippen LogP contribution >= 0.6 is 0 Å². The first kappa shape index (κ1) is 27.3. The summed E-state index contributed by atoms with van der Waals surface area (Å²) in [6.45, 7) is 1.000. The van der Waals surface area contributed by atoms with Gasteiger partial charge in [0.15, 0.2) is 6.10 Å². The van der Waals surface area contributed by atoms with Crippen LogP contribution < -0.4 is 10.0 Å². The number of carbonyl (C=O) groups excluding carboxylic acids is 2. The van der Waals surface area contributed by atoms with Crippen molar-refractivity contribution in [2.75, 3.05) is 5.32 Å². The standard InChI is InChI=1S/C22H18F3N3O8S/c1-13(20(29)27-19-9-6-15(28(31)32)11-18(19)22(23,24)25)36-21(30)14-4-7-17(8-5-14)37(33,34)26-12-16-3-2-10-35-16/h2-11,13,26H,12H2,1H3,(H,27,29)/t13-/m0/s1. The summed E-state index contributed by atoms with van der Waals surface area (Å²) in [6, 6.07) is 9.44. The van der Waals surface area contributed by atoms with Crippen molar-refractivity contribution in [1.29, 1.82) is 0 Å². The van der Waals surface area contributed by atoms with Gasteiger partial charge < -0.3 is 14.5 Å². The number of amides is 1. The topological polar surface area (TPSA) is 158 Å². The molecular formula is C22H18F3N3O8S. The number of anilines is 1. The maximum absolute atomic E-state index is 13.3. The van der Waals surface area contributed by atoms with E-state index in [1.54, 1.807) is 12.1 Å². The lowest BCUT2D eigenvalue weighted by Crippen LogP contribution is -2.31. The molecule has 11 nitrogen and oxygen atoms in total. The molecule has 15 heteroatoms. The van der Waals surface area contributed by atoms with Crippen molar-refractivity contribution in [3.63, 3.8) is 0 Å². The Morgan fingerprint density at radius 1 is 1.14 bits per heavy atom. The third kappa shape index (κ3) is 6.92. The number of hydrogen-bond donors (Lipinski definition) is 2. The lowest BCUT2D eigenvalue weighted by atomic mass is 10.1. The number of nitro benzene ring substituents is 1. The Balaban J connectivity index is 1.65. The number of ether oxygens (including phenoxy) is 1. The van der Waals surface area contributed by atoms with E-state index in [4.69, 9.17) is 9.15 Å². The average Bonchev–Trinajstić information content (AvgIpc) is 3.36. The predicted molar refractivity (Wildman–Crippen MR) is 121 cm³/mol. The number of alkyl halides is 3. The number of halogens is 3. The van der Waals surface area contributed by atoms with Gasteiger partial charge in [-0.05, 0) is 49.4 Å². The van der Waals surface area contributed by atoms with Crippen LogP contribution in [-0.2, 0) is 32.3 Å². The monoisotopic (exact) mass is 541 g/mol. The smallest absolute Gasteiger partial charge is 0.418 e. The van der Waals surface area contributed by atoms with Crippen LogP contribution in [0.4, 0.5) is 24.5 Å². The van der Waals surface area contributed by atoms with Gasteiger partial charge in [0.1, 0.15) is 5.76 Å². The van der Waals surface area contributed by atoms with E-state index in [1.807, 2.05) is 5.32 Å². The Hall–Kier alpha value is -4.24.